The molecule has 1 aromatic rings. The first-order chi connectivity index (χ1) is 6.68. The summed E-state index contributed by atoms with van der Waals surface area (Å²) in [5, 5.41) is 6.64. The summed E-state index contributed by atoms with van der Waals surface area (Å²) in [6.45, 7) is 8.11. The molecular weight excluding hydrogens is 176 g/mol. The molecule has 0 fully saturated rings. The largest absolute Gasteiger partial charge is 0.379 e. The highest BCUT2D eigenvalue weighted by atomic mass is 15.1. The van der Waals surface area contributed by atoms with Crippen molar-refractivity contribution in [3.05, 3.63) is 11.5 Å². The van der Waals surface area contributed by atoms with Crippen molar-refractivity contribution in [2.45, 2.75) is 26.7 Å². The second-order valence-corrected chi connectivity index (χ2v) is 3.89. The van der Waals surface area contributed by atoms with Crippen molar-refractivity contribution in [2.75, 3.05) is 23.7 Å². The predicted octanol–water partition coefficient (Wildman–Crippen LogP) is 1.75. The molecule has 1 aliphatic heterocycles. The van der Waals surface area contributed by atoms with Crippen LogP contribution in [0.25, 0.3) is 0 Å². The lowest BCUT2D eigenvalue weighted by atomic mass is 10.1. The van der Waals surface area contributed by atoms with Gasteiger partial charge in [-0.05, 0) is 12.8 Å². The first-order valence-corrected chi connectivity index (χ1v) is 5.04. The Kier molecular flexibility index (Phi) is 2.27. The topological polar surface area (TPSA) is 49.8 Å². The van der Waals surface area contributed by atoms with Gasteiger partial charge in [-0.25, -0.2) is 9.97 Å². The van der Waals surface area contributed by atoms with Gasteiger partial charge in [-0.3, -0.25) is 0 Å². The van der Waals surface area contributed by atoms with Crippen LogP contribution in [0.2, 0.25) is 0 Å². The Morgan fingerprint density at radius 2 is 1.86 bits per heavy atom. The fraction of sp³-hybridized carbons (Fsp3) is 0.600. The molecule has 2 heterocycles. The van der Waals surface area contributed by atoms with Crippen molar-refractivity contribution in [3.63, 3.8) is 0 Å². The Morgan fingerprint density at radius 3 is 2.57 bits per heavy atom. The van der Waals surface area contributed by atoms with E-state index in [0.717, 1.165) is 36.1 Å². The molecule has 14 heavy (non-hydrogen) atoms. The van der Waals surface area contributed by atoms with Crippen molar-refractivity contribution in [1.29, 1.82) is 0 Å². The van der Waals surface area contributed by atoms with Crippen LogP contribution >= 0.6 is 0 Å². The van der Waals surface area contributed by atoms with Gasteiger partial charge in [0.05, 0.1) is 11.4 Å². The quantitative estimate of drug-likeness (QED) is 0.711. The average molecular weight is 192 g/mol. The Balaban J connectivity index is 2.52. The summed E-state index contributed by atoms with van der Waals surface area (Å²) in [7, 11) is 0. The van der Waals surface area contributed by atoms with Crippen LogP contribution in [0.3, 0.4) is 0 Å². The van der Waals surface area contributed by atoms with Gasteiger partial charge in [-0.2, -0.15) is 0 Å². The summed E-state index contributed by atoms with van der Waals surface area (Å²) >= 11 is 0. The van der Waals surface area contributed by atoms with Crippen molar-refractivity contribution in [3.8, 4) is 0 Å². The molecule has 0 aliphatic carbocycles. The molecule has 0 aromatic carbocycles. The van der Waals surface area contributed by atoms with Crippen LogP contribution in [0, 0.1) is 6.92 Å². The van der Waals surface area contributed by atoms with Gasteiger partial charge in [0.15, 0.2) is 5.82 Å². The normalized spacial score (nSPS) is 14.6. The molecule has 0 radical (unpaired) electrons. The third-order valence-electron chi connectivity index (χ3n) is 2.31. The number of nitrogens with one attached hydrogen (secondary N) is 2. The van der Waals surface area contributed by atoms with E-state index in [4.69, 9.17) is 0 Å². The third-order valence-corrected chi connectivity index (χ3v) is 2.31. The molecule has 76 valence electrons. The van der Waals surface area contributed by atoms with E-state index >= 15 is 0 Å². The molecule has 2 N–H and O–H groups in total. The van der Waals surface area contributed by atoms with E-state index in [1.807, 2.05) is 6.92 Å². The van der Waals surface area contributed by atoms with Crippen molar-refractivity contribution < 1.29 is 0 Å². The monoisotopic (exact) mass is 192 g/mol. The fourth-order valence-corrected chi connectivity index (χ4v) is 1.68. The second kappa shape index (κ2) is 3.44. The summed E-state index contributed by atoms with van der Waals surface area (Å²) in [5.74, 6) is 2.22. The van der Waals surface area contributed by atoms with E-state index in [1.165, 1.54) is 0 Å². The summed E-state index contributed by atoms with van der Waals surface area (Å²) in [6, 6.07) is 0. The zero-order valence-corrected chi connectivity index (χ0v) is 8.89. The molecule has 0 spiro atoms. The van der Waals surface area contributed by atoms with Crippen molar-refractivity contribution in [2.24, 2.45) is 0 Å². The number of nitrogens with zero attached hydrogens (tertiary/aromatic N) is 2. The Hall–Kier alpha value is -1.32. The number of fused-ring (bicyclic) bond motifs is 1. The molecule has 4 nitrogen and oxygen atoms in total. The number of hydrogen-bond donors (Lipinski definition) is 2. The van der Waals surface area contributed by atoms with Crippen LogP contribution in [0.1, 0.15) is 31.3 Å². The van der Waals surface area contributed by atoms with Crippen LogP contribution in [0.4, 0.5) is 11.5 Å². The van der Waals surface area contributed by atoms with Gasteiger partial charge in [0.25, 0.3) is 0 Å². The lowest BCUT2D eigenvalue weighted by Gasteiger charge is -2.22. The van der Waals surface area contributed by atoms with Crippen LogP contribution in [0.15, 0.2) is 0 Å². The van der Waals surface area contributed by atoms with E-state index < -0.39 is 0 Å². The maximum Gasteiger partial charge on any atom is 0.153 e. The van der Waals surface area contributed by atoms with E-state index in [2.05, 4.69) is 34.4 Å². The van der Waals surface area contributed by atoms with Gasteiger partial charge in [-0.1, -0.05) is 13.8 Å². The molecule has 2 rings (SSSR count). The fourth-order valence-electron chi connectivity index (χ4n) is 1.68. The van der Waals surface area contributed by atoms with Gasteiger partial charge in [0, 0.05) is 13.1 Å². The highest BCUT2D eigenvalue weighted by molar-refractivity contribution is 5.69. The van der Waals surface area contributed by atoms with Gasteiger partial charge in [-0.15, -0.1) is 0 Å². The predicted molar refractivity (Wildman–Crippen MR) is 57.8 cm³/mol. The summed E-state index contributed by atoms with van der Waals surface area (Å²) in [4.78, 5) is 8.84. The molecule has 0 bridgehead atoms. The first kappa shape index (κ1) is 9.24. The number of hydrogen-bond acceptors (Lipinski definition) is 4. The van der Waals surface area contributed by atoms with E-state index in [9.17, 15) is 0 Å². The van der Waals surface area contributed by atoms with Crippen LogP contribution in [-0.2, 0) is 0 Å². The van der Waals surface area contributed by atoms with Crippen LogP contribution in [-0.4, -0.2) is 23.1 Å². The van der Waals surface area contributed by atoms with E-state index in [0.29, 0.717) is 5.92 Å². The maximum absolute atomic E-state index is 4.47. The Morgan fingerprint density at radius 1 is 1.14 bits per heavy atom. The minimum atomic E-state index is 0.429. The third kappa shape index (κ3) is 1.52. The minimum absolute atomic E-state index is 0.429. The molecule has 0 unspecified atom stereocenters. The maximum atomic E-state index is 4.47. The molecule has 1 aromatic heterocycles. The smallest absolute Gasteiger partial charge is 0.153 e. The standard InChI is InChI=1S/C10H16N4/c1-6(2)8-9-10(12-5-4-11-9)14-7(3)13-8/h6,11H,4-5H2,1-3H3,(H,12,13,14). The molecule has 0 saturated heterocycles. The van der Waals surface area contributed by atoms with Crippen LogP contribution < -0.4 is 10.6 Å². The summed E-state index contributed by atoms with van der Waals surface area (Å²) in [5.41, 5.74) is 2.19. The second-order valence-electron chi connectivity index (χ2n) is 3.89. The summed E-state index contributed by atoms with van der Waals surface area (Å²) < 4.78 is 0. The molecule has 4 heteroatoms. The van der Waals surface area contributed by atoms with E-state index in [-0.39, 0.29) is 0 Å². The average Bonchev–Trinajstić information content (AvgIpc) is 2.16. The Bertz CT molecular complexity index is 346. The van der Waals surface area contributed by atoms with Gasteiger partial charge < -0.3 is 10.6 Å². The number of anilines is 2. The number of aromatic nitrogens is 2. The summed E-state index contributed by atoms with van der Waals surface area (Å²) in [6.07, 6.45) is 0. The zero-order chi connectivity index (χ0) is 10.1. The SMILES string of the molecule is Cc1nc2c(c(C(C)C)n1)NCCN2. The lowest BCUT2D eigenvalue weighted by molar-refractivity contribution is 0.796. The van der Waals surface area contributed by atoms with Crippen LogP contribution in [0.5, 0.6) is 0 Å². The van der Waals surface area contributed by atoms with Crippen molar-refractivity contribution >= 4 is 11.5 Å². The number of aryl methyl sites for hydroxylation is 1. The molecule has 0 amide bonds. The Labute approximate surface area is 84.2 Å². The molecular formula is C10H16N4. The van der Waals surface area contributed by atoms with Gasteiger partial charge in [0.1, 0.15) is 5.82 Å². The van der Waals surface area contributed by atoms with Gasteiger partial charge >= 0.3 is 0 Å². The highest BCUT2D eigenvalue weighted by Crippen LogP contribution is 2.29. The molecule has 1 aliphatic rings. The highest BCUT2D eigenvalue weighted by Gasteiger charge is 2.17. The lowest BCUT2D eigenvalue weighted by Crippen LogP contribution is -2.24. The molecule has 0 atom stereocenters. The minimum Gasteiger partial charge on any atom is -0.379 e. The van der Waals surface area contributed by atoms with Crippen molar-refractivity contribution in [1.82, 2.24) is 9.97 Å². The van der Waals surface area contributed by atoms with E-state index in [1.54, 1.807) is 0 Å². The molecule has 0 saturated carbocycles. The number of rotatable bonds is 1. The van der Waals surface area contributed by atoms with Gasteiger partial charge in [0.2, 0.25) is 0 Å². The zero-order valence-electron chi connectivity index (χ0n) is 8.89. The first-order valence-electron chi connectivity index (χ1n) is 5.04.